The van der Waals surface area contributed by atoms with Crippen molar-refractivity contribution in [2.45, 2.75) is 54.8 Å². The molecule has 11 heteroatoms. The van der Waals surface area contributed by atoms with E-state index in [1.165, 1.54) is 0 Å². The Morgan fingerprint density at radius 3 is 1.91 bits per heavy atom. The van der Waals surface area contributed by atoms with E-state index in [2.05, 4.69) is 0 Å². The second-order valence-electron chi connectivity index (χ2n) is 5.48. The largest absolute Gasteiger partial charge is 0.388 e. The quantitative estimate of drug-likeness (QED) is 0.349. The van der Waals surface area contributed by atoms with Crippen LogP contribution in [-0.2, 0) is 14.2 Å². The van der Waals surface area contributed by atoms with E-state index in [9.17, 15) is 25.5 Å². The topological polar surface area (TPSA) is 129 Å². The number of aliphatic hydroxyl groups is 5. The fourth-order valence-corrected chi connectivity index (χ4v) is 3.34. The van der Waals surface area contributed by atoms with Crippen LogP contribution in [0.25, 0.3) is 0 Å². The Balaban J connectivity index is 2.18. The second kappa shape index (κ2) is 7.84. The number of rotatable bonds is 5. The van der Waals surface area contributed by atoms with Gasteiger partial charge in [0.15, 0.2) is 6.29 Å². The van der Waals surface area contributed by atoms with Crippen LogP contribution in [-0.4, -0.2) is 98.0 Å². The zero-order valence-electron chi connectivity index (χ0n) is 11.8. The van der Waals surface area contributed by atoms with Crippen molar-refractivity contribution in [1.29, 1.82) is 0 Å². The third kappa shape index (κ3) is 3.58. The number of aliphatic hydroxyl groups excluding tert-OH is 5. The van der Waals surface area contributed by atoms with Crippen molar-refractivity contribution in [2.75, 3.05) is 17.6 Å². The van der Waals surface area contributed by atoms with Gasteiger partial charge in [0.25, 0.3) is 0 Å². The lowest BCUT2D eigenvalue weighted by molar-refractivity contribution is -0.366. The first-order valence-electron chi connectivity index (χ1n) is 6.90. The molecule has 0 aromatic heterocycles. The van der Waals surface area contributed by atoms with Crippen LogP contribution in [0.5, 0.6) is 0 Å². The van der Waals surface area contributed by atoms with Gasteiger partial charge in [0.05, 0.1) is 17.6 Å². The molecule has 2 rings (SSSR count). The molecule has 2 heterocycles. The molecule has 0 unspecified atom stereocenters. The molecule has 136 valence electrons. The van der Waals surface area contributed by atoms with Crippen molar-refractivity contribution in [3.8, 4) is 0 Å². The minimum Gasteiger partial charge on any atom is -0.388 e. The maximum absolute atomic E-state index is 10.1. The molecule has 0 aromatic rings. The molecule has 23 heavy (non-hydrogen) atoms. The highest BCUT2D eigenvalue weighted by atomic mass is 35.5. The first-order chi connectivity index (χ1) is 10.8. The summed E-state index contributed by atoms with van der Waals surface area (Å²) in [5.74, 6) is -2.60. The molecule has 2 aliphatic rings. The van der Waals surface area contributed by atoms with Crippen LogP contribution in [0.3, 0.4) is 0 Å². The van der Waals surface area contributed by atoms with Gasteiger partial charge in [-0.2, -0.15) is 0 Å². The number of hydrogen-bond donors (Lipinski definition) is 5. The first-order valence-corrected chi connectivity index (χ1v) is 8.51. The van der Waals surface area contributed by atoms with Crippen LogP contribution in [0.4, 0.5) is 0 Å². The Hall–Kier alpha value is 0.550. The molecule has 2 aliphatic heterocycles. The number of alkyl halides is 3. The van der Waals surface area contributed by atoms with E-state index in [4.69, 9.17) is 49.0 Å². The van der Waals surface area contributed by atoms with Gasteiger partial charge in [0, 0.05) is 0 Å². The zero-order chi connectivity index (χ0) is 17.4. The molecule has 2 fully saturated rings. The molecule has 9 atom stereocenters. The molecule has 0 spiro atoms. The normalized spacial score (nSPS) is 51.1. The van der Waals surface area contributed by atoms with E-state index in [1.807, 2.05) is 0 Å². The maximum Gasteiger partial charge on any atom is 0.214 e. The lowest BCUT2D eigenvalue weighted by Gasteiger charge is -2.43. The minimum atomic E-state index is -1.90. The van der Waals surface area contributed by atoms with Crippen molar-refractivity contribution in [2.24, 2.45) is 0 Å². The molecule has 0 aromatic carbocycles. The van der Waals surface area contributed by atoms with E-state index in [-0.39, 0.29) is 11.8 Å². The molecule has 8 nitrogen and oxygen atoms in total. The number of hydrogen-bond acceptors (Lipinski definition) is 8. The molecule has 0 saturated carbocycles. The Morgan fingerprint density at radius 1 is 0.826 bits per heavy atom. The van der Waals surface area contributed by atoms with Crippen LogP contribution >= 0.6 is 34.8 Å². The van der Waals surface area contributed by atoms with Crippen molar-refractivity contribution in [1.82, 2.24) is 0 Å². The summed E-state index contributed by atoms with van der Waals surface area (Å²) in [7, 11) is 0. The van der Waals surface area contributed by atoms with E-state index in [0.717, 1.165) is 0 Å². The third-order valence-corrected chi connectivity index (χ3v) is 4.96. The average Bonchev–Trinajstić information content (AvgIpc) is 2.80. The van der Waals surface area contributed by atoms with Crippen LogP contribution in [0.15, 0.2) is 0 Å². The molecule has 0 aliphatic carbocycles. The lowest BCUT2D eigenvalue weighted by Crippen LogP contribution is -2.62. The van der Waals surface area contributed by atoms with Gasteiger partial charge in [-0.15, -0.1) is 34.8 Å². The summed E-state index contributed by atoms with van der Waals surface area (Å²) < 4.78 is 16.1. The lowest BCUT2D eigenvalue weighted by atomic mass is 9.99. The number of ether oxygens (including phenoxy) is 3. The highest BCUT2D eigenvalue weighted by Gasteiger charge is 2.58. The fraction of sp³-hybridized carbons (Fsp3) is 1.00. The first kappa shape index (κ1) is 19.9. The summed E-state index contributed by atoms with van der Waals surface area (Å²) in [6, 6.07) is 0. The molecular weight excluding hydrogens is 378 g/mol. The summed E-state index contributed by atoms with van der Waals surface area (Å²) in [6.45, 7) is 0. The Labute approximate surface area is 147 Å². The Kier molecular flexibility index (Phi) is 6.77. The van der Waals surface area contributed by atoms with Gasteiger partial charge in [-0.1, -0.05) is 0 Å². The molecule has 2 saturated heterocycles. The van der Waals surface area contributed by atoms with Crippen LogP contribution in [0.2, 0.25) is 0 Å². The second-order valence-corrected chi connectivity index (χ2v) is 6.36. The Morgan fingerprint density at radius 2 is 1.43 bits per heavy atom. The molecule has 0 bridgehead atoms. The van der Waals surface area contributed by atoms with E-state index >= 15 is 0 Å². The maximum atomic E-state index is 10.1. The zero-order valence-corrected chi connectivity index (χ0v) is 14.1. The highest BCUT2D eigenvalue weighted by Crippen LogP contribution is 2.37. The summed E-state index contributed by atoms with van der Waals surface area (Å²) in [6.07, 6.45) is -11.0. The molecule has 0 radical (unpaired) electrons. The van der Waals surface area contributed by atoms with Crippen LogP contribution in [0, 0.1) is 0 Å². The van der Waals surface area contributed by atoms with Gasteiger partial charge in [0.1, 0.15) is 42.7 Å². The molecule has 0 amide bonds. The van der Waals surface area contributed by atoms with Gasteiger partial charge < -0.3 is 39.7 Å². The summed E-state index contributed by atoms with van der Waals surface area (Å²) in [5.41, 5.74) is 0. The molecule has 5 N–H and O–H groups in total. The average molecular weight is 398 g/mol. The SMILES string of the molecule is O[C@@H]1[C@@H](O)[C@@H](O[C@]2(CCl)O[C@H](CCl)[C@H](O)[C@@H]2O)O[C@@H](CCl)[C@H]1O. The van der Waals surface area contributed by atoms with Crippen molar-refractivity contribution < 1.29 is 39.7 Å². The van der Waals surface area contributed by atoms with Crippen LogP contribution in [0.1, 0.15) is 0 Å². The number of halogens is 3. The smallest absolute Gasteiger partial charge is 0.214 e. The van der Waals surface area contributed by atoms with Gasteiger partial charge in [0.2, 0.25) is 5.79 Å². The van der Waals surface area contributed by atoms with Crippen molar-refractivity contribution >= 4 is 34.8 Å². The molecular formula is C12H19Cl3O8. The van der Waals surface area contributed by atoms with Gasteiger partial charge in [-0.3, -0.25) is 0 Å². The highest BCUT2D eigenvalue weighted by molar-refractivity contribution is 6.19. The van der Waals surface area contributed by atoms with Crippen molar-refractivity contribution in [3.05, 3.63) is 0 Å². The van der Waals surface area contributed by atoms with E-state index in [1.54, 1.807) is 0 Å². The summed E-state index contributed by atoms with van der Waals surface area (Å²) in [5, 5.41) is 49.6. The standard InChI is InChI=1S/C12H19Cl3O8/c13-1-4-6(16)8(18)9(19)11(21-4)23-12(3-15)10(20)7(17)5(2-14)22-12/h4-11,16-20H,1-3H2/t4-,5+,6+,7-,8-,9+,10-,11+,12-/m0/s1. The van der Waals surface area contributed by atoms with E-state index < -0.39 is 60.7 Å². The fourth-order valence-electron chi connectivity index (χ4n) is 2.56. The van der Waals surface area contributed by atoms with Gasteiger partial charge in [-0.05, 0) is 0 Å². The third-order valence-electron chi connectivity index (χ3n) is 3.98. The van der Waals surface area contributed by atoms with E-state index in [0.29, 0.717) is 0 Å². The van der Waals surface area contributed by atoms with Gasteiger partial charge >= 0.3 is 0 Å². The predicted octanol–water partition coefficient (Wildman–Crippen LogP) is -1.66. The van der Waals surface area contributed by atoms with Gasteiger partial charge in [-0.25, -0.2) is 0 Å². The predicted molar refractivity (Wildman–Crippen MR) is 79.5 cm³/mol. The summed E-state index contributed by atoms with van der Waals surface area (Å²) in [4.78, 5) is 0. The van der Waals surface area contributed by atoms with Crippen molar-refractivity contribution in [3.63, 3.8) is 0 Å². The Bertz CT molecular complexity index is 403. The minimum absolute atomic E-state index is 0.125. The monoisotopic (exact) mass is 396 g/mol. The summed E-state index contributed by atoms with van der Waals surface area (Å²) >= 11 is 17.1. The van der Waals surface area contributed by atoms with Crippen LogP contribution < -0.4 is 0 Å².